The number of nitrogens with zero attached hydrogens (tertiary/aromatic N) is 1. The molecule has 1 saturated heterocycles. The van der Waals surface area contributed by atoms with Crippen LogP contribution in [0.5, 0.6) is 5.75 Å². The number of carbonyl (C=O) groups is 1. The van der Waals surface area contributed by atoms with Gasteiger partial charge in [0.1, 0.15) is 12.0 Å². The molecule has 2 aromatic carbocycles. The van der Waals surface area contributed by atoms with Crippen molar-refractivity contribution < 1.29 is 19.4 Å². The first-order valence-corrected chi connectivity index (χ1v) is 14.0. The van der Waals surface area contributed by atoms with E-state index in [4.69, 9.17) is 14.6 Å². The van der Waals surface area contributed by atoms with Crippen LogP contribution in [0.2, 0.25) is 0 Å². The number of likely N-dealkylation sites (tertiary alicyclic amines) is 1. The third-order valence-corrected chi connectivity index (χ3v) is 7.01. The van der Waals surface area contributed by atoms with Crippen LogP contribution in [0.15, 0.2) is 36.4 Å². The standard InChI is InChI=1S/C28H39NO3.C2H6.CH4O/c1-21(2)19-31-20-23-4-8-27(9-5-23)32-28-10-7-25-15-24(3-6-26(25)16-28)17-29-13-11-22(18-30)12-14-29;2*1-2/h3,6-7,10,15-16,18,21-23,27H,4-5,8-9,11-14,17,19-20H2,1-2H3;1-2H3;2H,1H3. The van der Waals surface area contributed by atoms with Crippen LogP contribution in [0.4, 0.5) is 0 Å². The Morgan fingerprint density at radius 3 is 2.22 bits per heavy atom. The van der Waals surface area contributed by atoms with E-state index in [1.54, 1.807) is 0 Å². The maximum atomic E-state index is 11.0. The summed E-state index contributed by atoms with van der Waals surface area (Å²) in [5.41, 5.74) is 1.34. The van der Waals surface area contributed by atoms with Crippen molar-refractivity contribution in [2.75, 3.05) is 33.4 Å². The Morgan fingerprint density at radius 2 is 1.58 bits per heavy atom. The monoisotopic (exact) mass is 499 g/mol. The summed E-state index contributed by atoms with van der Waals surface area (Å²) < 4.78 is 12.2. The van der Waals surface area contributed by atoms with E-state index in [0.29, 0.717) is 17.9 Å². The maximum absolute atomic E-state index is 11.0. The van der Waals surface area contributed by atoms with Gasteiger partial charge in [0, 0.05) is 32.8 Å². The molecule has 202 valence electrons. The van der Waals surface area contributed by atoms with Crippen LogP contribution in [0.25, 0.3) is 10.8 Å². The lowest BCUT2D eigenvalue weighted by atomic mass is 9.88. The second-order valence-electron chi connectivity index (χ2n) is 10.3. The van der Waals surface area contributed by atoms with E-state index in [-0.39, 0.29) is 5.92 Å². The number of aliphatic hydroxyl groups excluding tert-OH is 1. The highest BCUT2D eigenvalue weighted by Crippen LogP contribution is 2.30. The molecular weight excluding hydrogens is 450 g/mol. The number of fused-ring (bicyclic) bond motifs is 1. The van der Waals surface area contributed by atoms with Gasteiger partial charge in [0.05, 0.1) is 6.10 Å². The molecule has 4 rings (SSSR count). The number of piperidine rings is 1. The molecule has 1 aliphatic carbocycles. The fraction of sp³-hybridized carbons (Fsp3) is 0.645. The molecule has 5 heteroatoms. The van der Waals surface area contributed by atoms with Gasteiger partial charge >= 0.3 is 0 Å². The minimum absolute atomic E-state index is 0.259. The zero-order chi connectivity index (χ0) is 26.3. The van der Waals surface area contributed by atoms with Crippen LogP contribution in [-0.2, 0) is 16.1 Å². The highest BCUT2D eigenvalue weighted by atomic mass is 16.5. The van der Waals surface area contributed by atoms with Gasteiger partial charge in [0.25, 0.3) is 0 Å². The first-order chi connectivity index (χ1) is 17.6. The van der Waals surface area contributed by atoms with E-state index < -0.39 is 0 Å². The molecule has 0 unspecified atom stereocenters. The molecule has 0 radical (unpaired) electrons. The van der Waals surface area contributed by atoms with Gasteiger partial charge in [-0.1, -0.05) is 45.9 Å². The Bertz CT molecular complexity index is 868. The number of hydrogen-bond acceptors (Lipinski definition) is 5. The maximum Gasteiger partial charge on any atom is 0.123 e. The Morgan fingerprint density at radius 1 is 0.944 bits per heavy atom. The third kappa shape index (κ3) is 9.84. The average molecular weight is 500 g/mol. The summed E-state index contributed by atoms with van der Waals surface area (Å²) in [7, 11) is 1.00. The predicted molar refractivity (Wildman–Crippen MR) is 150 cm³/mol. The summed E-state index contributed by atoms with van der Waals surface area (Å²) in [6.45, 7) is 13.2. The quantitative estimate of drug-likeness (QED) is 0.399. The molecule has 1 saturated carbocycles. The van der Waals surface area contributed by atoms with Gasteiger partial charge in [-0.15, -0.1) is 0 Å². The van der Waals surface area contributed by atoms with E-state index in [1.165, 1.54) is 29.2 Å². The van der Waals surface area contributed by atoms with Gasteiger partial charge in [0.2, 0.25) is 0 Å². The molecule has 2 aliphatic rings. The molecule has 1 N–H and O–H groups in total. The number of benzene rings is 2. The molecule has 0 spiro atoms. The molecule has 0 atom stereocenters. The van der Waals surface area contributed by atoms with Crippen LogP contribution >= 0.6 is 0 Å². The Kier molecular flexibility index (Phi) is 14.1. The van der Waals surface area contributed by atoms with Gasteiger partial charge in [-0.25, -0.2) is 0 Å². The van der Waals surface area contributed by atoms with E-state index in [9.17, 15) is 4.79 Å². The molecule has 2 aromatic rings. The van der Waals surface area contributed by atoms with Crippen molar-refractivity contribution in [3.63, 3.8) is 0 Å². The summed E-state index contributed by atoms with van der Waals surface area (Å²) in [6.07, 6.45) is 8.06. The fourth-order valence-electron chi connectivity index (χ4n) is 5.03. The van der Waals surface area contributed by atoms with Gasteiger partial charge < -0.3 is 19.4 Å². The summed E-state index contributed by atoms with van der Waals surface area (Å²) in [5, 5.41) is 9.50. The van der Waals surface area contributed by atoms with Crippen LogP contribution in [0, 0.1) is 17.8 Å². The van der Waals surface area contributed by atoms with E-state index in [2.05, 4.69) is 55.1 Å². The minimum Gasteiger partial charge on any atom is -0.490 e. The summed E-state index contributed by atoms with van der Waals surface area (Å²) in [5.74, 6) is 2.54. The number of ether oxygens (including phenoxy) is 2. The normalized spacial score (nSPS) is 20.8. The molecule has 0 amide bonds. The van der Waals surface area contributed by atoms with Gasteiger partial charge in [0.15, 0.2) is 0 Å². The molecule has 2 fully saturated rings. The number of aldehydes is 1. The zero-order valence-corrected chi connectivity index (χ0v) is 23.2. The molecule has 5 nitrogen and oxygen atoms in total. The van der Waals surface area contributed by atoms with Crippen LogP contribution in [0.3, 0.4) is 0 Å². The summed E-state index contributed by atoms with van der Waals surface area (Å²) >= 11 is 0. The SMILES string of the molecule is CC.CC(C)COCC1CCC(Oc2ccc3cc(CN4CCC(C=O)CC4)ccc3c2)CC1.CO. The Balaban J connectivity index is 0.00000109. The molecule has 1 aliphatic heterocycles. The summed E-state index contributed by atoms with van der Waals surface area (Å²) in [4.78, 5) is 13.4. The molecule has 0 bridgehead atoms. The van der Waals surface area contributed by atoms with Crippen LogP contribution in [0.1, 0.15) is 71.8 Å². The Hall–Kier alpha value is -1.95. The highest BCUT2D eigenvalue weighted by Gasteiger charge is 2.23. The number of aliphatic hydroxyl groups is 1. The average Bonchev–Trinajstić information content (AvgIpc) is 2.92. The first-order valence-electron chi connectivity index (χ1n) is 14.0. The third-order valence-electron chi connectivity index (χ3n) is 7.01. The topological polar surface area (TPSA) is 59.0 Å². The van der Waals surface area contributed by atoms with Crippen molar-refractivity contribution >= 4 is 17.1 Å². The van der Waals surface area contributed by atoms with Gasteiger partial charge in [-0.2, -0.15) is 0 Å². The second kappa shape index (κ2) is 16.7. The lowest BCUT2D eigenvalue weighted by Crippen LogP contribution is -2.33. The number of hydrogen-bond donors (Lipinski definition) is 1. The highest BCUT2D eigenvalue weighted by molar-refractivity contribution is 5.84. The zero-order valence-electron chi connectivity index (χ0n) is 23.2. The van der Waals surface area contributed by atoms with Crippen molar-refractivity contribution in [1.82, 2.24) is 4.90 Å². The van der Waals surface area contributed by atoms with E-state index in [1.807, 2.05) is 13.8 Å². The smallest absolute Gasteiger partial charge is 0.123 e. The predicted octanol–water partition coefficient (Wildman–Crippen LogP) is 6.50. The number of carbonyl (C=O) groups excluding carboxylic acids is 1. The van der Waals surface area contributed by atoms with Crippen LogP contribution < -0.4 is 4.74 Å². The second-order valence-corrected chi connectivity index (χ2v) is 10.3. The molecular formula is C31H49NO4. The summed E-state index contributed by atoms with van der Waals surface area (Å²) in [6, 6.07) is 13.3. The molecule has 36 heavy (non-hydrogen) atoms. The van der Waals surface area contributed by atoms with E-state index >= 15 is 0 Å². The van der Waals surface area contributed by atoms with Crippen molar-refractivity contribution in [3.05, 3.63) is 42.0 Å². The van der Waals surface area contributed by atoms with Gasteiger partial charge in [-0.3, -0.25) is 4.90 Å². The van der Waals surface area contributed by atoms with Crippen molar-refractivity contribution in [2.24, 2.45) is 17.8 Å². The first kappa shape index (κ1) is 30.3. The molecule has 0 aromatic heterocycles. The number of rotatable bonds is 9. The Labute approximate surface area is 219 Å². The lowest BCUT2D eigenvalue weighted by molar-refractivity contribution is -0.112. The van der Waals surface area contributed by atoms with Crippen molar-refractivity contribution in [2.45, 2.75) is 78.9 Å². The van der Waals surface area contributed by atoms with Crippen molar-refractivity contribution in [1.29, 1.82) is 0 Å². The lowest BCUT2D eigenvalue weighted by Gasteiger charge is -2.29. The minimum atomic E-state index is 0.259. The van der Waals surface area contributed by atoms with Crippen LogP contribution in [-0.4, -0.2) is 55.8 Å². The molecule has 1 heterocycles. The van der Waals surface area contributed by atoms with Gasteiger partial charge in [-0.05, 0) is 98.0 Å². The van der Waals surface area contributed by atoms with Crippen molar-refractivity contribution in [3.8, 4) is 5.75 Å². The fourth-order valence-corrected chi connectivity index (χ4v) is 5.03. The van der Waals surface area contributed by atoms with E-state index in [0.717, 1.165) is 77.7 Å². The largest absolute Gasteiger partial charge is 0.490 e.